The van der Waals surface area contributed by atoms with E-state index in [2.05, 4.69) is 0 Å². The molecule has 0 heterocycles. The fraction of sp³-hybridized carbons (Fsp3) is 0.533. The first-order valence-corrected chi connectivity index (χ1v) is 6.28. The van der Waals surface area contributed by atoms with Crippen LogP contribution >= 0.6 is 0 Å². The van der Waals surface area contributed by atoms with Crippen molar-refractivity contribution in [1.29, 1.82) is 0 Å². The number of alkyl halides is 2. The Bertz CT molecular complexity index is 517. The number of aliphatic carboxylic acids is 1. The van der Waals surface area contributed by atoms with Gasteiger partial charge >= 0.3 is 5.97 Å². The second-order valence-corrected chi connectivity index (χ2v) is 5.74. The van der Waals surface area contributed by atoms with Crippen LogP contribution in [0.4, 0.5) is 8.78 Å². The topological polar surface area (TPSA) is 46.5 Å². The van der Waals surface area contributed by atoms with Crippen LogP contribution in [0.2, 0.25) is 0 Å². The minimum atomic E-state index is -3.05. The van der Waals surface area contributed by atoms with Crippen LogP contribution in [0.25, 0.3) is 0 Å². The molecule has 0 aliphatic rings. The van der Waals surface area contributed by atoms with Crippen LogP contribution in [0.5, 0.6) is 5.75 Å². The molecule has 0 aliphatic heterocycles. The number of aryl methyl sites for hydroxylation is 1. The van der Waals surface area contributed by atoms with E-state index in [9.17, 15) is 13.6 Å². The van der Waals surface area contributed by atoms with Crippen molar-refractivity contribution in [3.8, 4) is 5.75 Å². The summed E-state index contributed by atoms with van der Waals surface area (Å²) in [4.78, 5) is 11.0. The van der Waals surface area contributed by atoms with Gasteiger partial charge < -0.3 is 9.84 Å². The van der Waals surface area contributed by atoms with Gasteiger partial charge in [-0.25, -0.2) is 8.78 Å². The summed E-state index contributed by atoms with van der Waals surface area (Å²) in [7, 11) is 1.32. The fourth-order valence-electron chi connectivity index (χ4n) is 2.30. The summed E-state index contributed by atoms with van der Waals surface area (Å²) in [6.07, 6.45) is -0.165. The molecule has 0 aliphatic carbocycles. The quantitative estimate of drug-likeness (QED) is 0.893. The maximum atomic E-state index is 13.7. The number of rotatable bonds is 5. The van der Waals surface area contributed by atoms with Crippen LogP contribution in [0.15, 0.2) is 12.1 Å². The van der Waals surface area contributed by atoms with E-state index in [1.807, 2.05) is 0 Å². The molecular weight excluding hydrogens is 266 g/mol. The van der Waals surface area contributed by atoms with Crippen molar-refractivity contribution in [1.82, 2.24) is 0 Å². The molecule has 1 aromatic carbocycles. The molecule has 1 aromatic rings. The summed E-state index contributed by atoms with van der Waals surface area (Å²) in [5, 5.41) is 8.98. The van der Waals surface area contributed by atoms with Gasteiger partial charge in [-0.05, 0) is 13.0 Å². The highest BCUT2D eigenvalue weighted by molar-refractivity contribution is 5.69. The Morgan fingerprint density at radius 1 is 1.25 bits per heavy atom. The molecule has 5 heteroatoms. The highest BCUT2D eigenvalue weighted by atomic mass is 19.3. The van der Waals surface area contributed by atoms with Gasteiger partial charge in [-0.15, -0.1) is 0 Å². The number of halogens is 2. The van der Waals surface area contributed by atoms with Gasteiger partial charge in [-0.1, -0.05) is 25.5 Å². The zero-order chi connectivity index (χ0) is 15.7. The van der Waals surface area contributed by atoms with Crippen LogP contribution in [0, 0.1) is 6.92 Å². The van der Waals surface area contributed by atoms with E-state index < -0.39 is 17.3 Å². The SMILES string of the molecule is COc1c(C(C)(F)F)cc(C)cc1C(C)(C)CC(=O)O. The largest absolute Gasteiger partial charge is 0.496 e. The number of carboxylic acid groups (broad SMARTS) is 1. The van der Waals surface area contributed by atoms with Crippen LogP contribution in [0.3, 0.4) is 0 Å². The Hall–Kier alpha value is -1.65. The number of carbonyl (C=O) groups is 1. The molecule has 0 spiro atoms. The predicted molar refractivity (Wildman–Crippen MR) is 72.6 cm³/mol. The third kappa shape index (κ3) is 3.46. The number of carboxylic acids is 1. The molecule has 0 amide bonds. The maximum Gasteiger partial charge on any atom is 0.304 e. The van der Waals surface area contributed by atoms with Gasteiger partial charge in [0.05, 0.1) is 19.1 Å². The summed E-state index contributed by atoms with van der Waals surface area (Å²) < 4.78 is 32.6. The number of ether oxygens (including phenoxy) is 1. The van der Waals surface area contributed by atoms with Gasteiger partial charge in [0.25, 0.3) is 5.92 Å². The van der Waals surface area contributed by atoms with Crippen LogP contribution in [-0.2, 0) is 16.1 Å². The lowest BCUT2D eigenvalue weighted by Gasteiger charge is -2.28. The summed E-state index contributed by atoms with van der Waals surface area (Å²) in [6.45, 7) is 5.92. The first-order valence-electron chi connectivity index (χ1n) is 6.28. The van der Waals surface area contributed by atoms with E-state index in [-0.39, 0.29) is 17.7 Å². The van der Waals surface area contributed by atoms with Crippen LogP contribution in [-0.4, -0.2) is 18.2 Å². The maximum absolute atomic E-state index is 13.7. The van der Waals surface area contributed by atoms with E-state index in [0.717, 1.165) is 6.92 Å². The van der Waals surface area contributed by atoms with Gasteiger partial charge in [0.15, 0.2) is 0 Å². The minimum absolute atomic E-state index is 0.0642. The monoisotopic (exact) mass is 286 g/mol. The van der Waals surface area contributed by atoms with Crippen LogP contribution < -0.4 is 4.74 Å². The van der Waals surface area contributed by atoms with E-state index in [0.29, 0.717) is 11.1 Å². The molecule has 0 fully saturated rings. The average molecular weight is 286 g/mol. The molecule has 0 atom stereocenters. The number of benzene rings is 1. The summed E-state index contributed by atoms with van der Waals surface area (Å²) in [6, 6.07) is 3.08. The zero-order valence-electron chi connectivity index (χ0n) is 12.4. The Balaban J connectivity index is 3.54. The molecule has 0 saturated carbocycles. The van der Waals surface area contributed by atoms with Crippen molar-refractivity contribution in [2.75, 3.05) is 7.11 Å². The molecule has 0 saturated heterocycles. The average Bonchev–Trinajstić information content (AvgIpc) is 2.24. The number of hydrogen-bond acceptors (Lipinski definition) is 2. The second kappa shape index (κ2) is 5.38. The van der Waals surface area contributed by atoms with Gasteiger partial charge in [0.2, 0.25) is 0 Å². The van der Waals surface area contributed by atoms with Gasteiger partial charge in [0, 0.05) is 17.9 Å². The van der Waals surface area contributed by atoms with Gasteiger partial charge in [-0.2, -0.15) is 0 Å². The van der Waals surface area contributed by atoms with E-state index >= 15 is 0 Å². The van der Waals surface area contributed by atoms with Crippen molar-refractivity contribution in [3.63, 3.8) is 0 Å². The fourth-order valence-corrected chi connectivity index (χ4v) is 2.30. The Kier molecular flexibility index (Phi) is 4.42. The molecule has 1 N–H and O–H groups in total. The van der Waals surface area contributed by atoms with Crippen molar-refractivity contribution in [2.24, 2.45) is 0 Å². The molecule has 0 bridgehead atoms. The van der Waals surface area contributed by atoms with E-state index in [1.54, 1.807) is 26.8 Å². The lowest BCUT2D eigenvalue weighted by Crippen LogP contribution is -2.24. The van der Waals surface area contributed by atoms with E-state index in [4.69, 9.17) is 9.84 Å². The third-order valence-electron chi connectivity index (χ3n) is 3.23. The number of hydrogen-bond donors (Lipinski definition) is 1. The Labute approximate surface area is 117 Å². The lowest BCUT2D eigenvalue weighted by atomic mass is 9.79. The third-order valence-corrected chi connectivity index (χ3v) is 3.23. The molecule has 112 valence electrons. The van der Waals surface area contributed by atoms with E-state index in [1.165, 1.54) is 13.2 Å². The van der Waals surface area contributed by atoms with Crippen molar-refractivity contribution in [2.45, 2.75) is 45.5 Å². The Morgan fingerprint density at radius 3 is 2.15 bits per heavy atom. The molecule has 0 aromatic heterocycles. The summed E-state index contributed by atoms with van der Waals surface area (Å²) in [5.74, 6) is -3.97. The smallest absolute Gasteiger partial charge is 0.304 e. The molecule has 3 nitrogen and oxygen atoms in total. The van der Waals surface area contributed by atoms with Crippen LogP contribution in [0.1, 0.15) is 43.9 Å². The predicted octanol–water partition coefficient (Wildman–Crippen LogP) is 3.87. The van der Waals surface area contributed by atoms with Crippen molar-refractivity contribution < 1.29 is 23.4 Å². The molecular formula is C15H20F2O3. The van der Waals surface area contributed by atoms with Gasteiger partial charge in [-0.3, -0.25) is 4.79 Å². The summed E-state index contributed by atoms with van der Waals surface area (Å²) in [5.41, 5.74) is 0.117. The lowest BCUT2D eigenvalue weighted by molar-refractivity contribution is -0.138. The first kappa shape index (κ1) is 16.4. The standard InChI is InChI=1S/C15H20F2O3/c1-9-6-10(14(2,3)8-12(18)19)13(20-5)11(7-9)15(4,16)17/h6-7H,8H2,1-5H3,(H,18,19). The molecule has 0 unspecified atom stereocenters. The minimum Gasteiger partial charge on any atom is -0.496 e. The first-order chi connectivity index (χ1) is 8.99. The summed E-state index contributed by atoms with van der Waals surface area (Å²) >= 11 is 0. The highest BCUT2D eigenvalue weighted by Gasteiger charge is 2.35. The second-order valence-electron chi connectivity index (χ2n) is 5.74. The Morgan fingerprint density at radius 2 is 1.75 bits per heavy atom. The van der Waals surface area contributed by atoms with Crippen molar-refractivity contribution >= 4 is 5.97 Å². The van der Waals surface area contributed by atoms with Crippen molar-refractivity contribution in [3.05, 3.63) is 28.8 Å². The van der Waals surface area contributed by atoms with Gasteiger partial charge in [0.1, 0.15) is 5.75 Å². The normalized spacial score (nSPS) is 12.3. The molecule has 0 radical (unpaired) electrons. The highest BCUT2D eigenvalue weighted by Crippen LogP contribution is 2.43. The number of methoxy groups -OCH3 is 1. The molecule has 20 heavy (non-hydrogen) atoms. The molecule has 1 rings (SSSR count). The zero-order valence-corrected chi connectivity index (χ0v) is 12.4.